The van der Waals surface area contributed by atoms with Gasteiger partial charge in [0.1, 0.15) is 0 Å². The Bertz CT molecular complexity index is 309. The van der Waals surface area contributed by atoms with E-state index in [0.717, 1.165) is 4.94 Å². The number of nitrogens with zero attached hydrogens (tertiary/aromatic N) is 1. The molecule has 1 aliphatic rings. The molecule has 0 saturated carbocycles. The average molecular weight is 226 g/mol. The second-order valence-electron chi connectivity index (χ2n) is 3.30. The summed E-state index contributed by atoms with van der Waals surface area (Å²) in [6.45, 7) is 4.46. The maximum atomic E-state index is 2.39. The third-order valence-corrected chi connectivity index (χ3v) is 4.97. The fourth-order valence-electron chi connectivity index (χ4n) is 1.46. The van der Waals surface area contributed by atoms with E-state index < -0.39 is 0 Å². The van der Waals surface area contributed by atoms with Crippen molar-refractivity contribution >= 4 is 25.1 Å². The first-order valence-electron chi connectivity index (χ1n) is 4.18. The third kappa shape index (κ3) is 1.16. The number of fused-ring (bicyclic) bond motifs is 1. The van der Waals surface area contributed by atoms with E-state index in [2.05, 4.69) is 44.0 Å². The molecule has 0 amide bonds. The van der Waals surface area contributed by atoms with Gasteiger partial charge in [-0.2, -0.15) is 0 Å². The Kier molecular flexibility index (Phi) is 1.90. The van der Waals surface area contributed by atoms with Gasteiger partial charge >= 0.3 is 79.6 Å². The first-order valence-corrected chi connectivity index (χ1v) is 6.03. The summed E-state index contributed by atoms with van der Waals surface area (Å²) in [6, 6.07) is 6.79. The normalized spacial score (nSPS) is 21.2. The molecule has 1 nitrogen and oxygen atoms in total. The predicted molar refractivity (Wildman–Crippen MR) is 54.4 cm³/mol. The first kappa shape index (κ1) is 8.15. The summed E-state index contributed by atoms with van der Waals surface area (Å²) >= 11 is 0.651. The van der Waals surface area contributed by atoms with Crippen LogP contribution < -0.4 is 9.36 Å². The SMILES string of the molecule is Cc1ccc2c(c1)N(C)C(C)[Se]2. The Morgan fingerprint density at radius 3 is 2.92 bits per heavy atom. The van der Waals surface area contributed by atoms with Gasteiger partial charge in [-0.3, -0.25) is 0 Å². The summed E-state index contributed by atoms with van der Waals surface area (Å²) in [4.78, 5) is 3.12. The molecule has 0 aromatic heterocycles. The topological polar surface area (TPSA) is 3.24 Å². The van der Waals surface area contributed by atoms with Crippen LogP contribution in [0.3, 0.4) is 0 Å². The van der Waals surface area contributed by atoms with Crippen LogP contribution in [-0.2, 0) is 0 Å². The van der Waals surface area contributed by atoms with Crippen molar-refractivity contribution in [1.82, 2.24) is 0 Å². The predicted octanol–water partition coefficient (Wildman–Crippen LogP) is 1.12. The van der Waals surface area contributed by atoms with Crippen LogP contribution in [0.25, 0.3) is 0 Å². The van der Waals surface area contributed by atoms with Crippen molar-refractivity contribution in [1.29, 1.82) is 0 Å². The summed E-state index contributed by atoms with van der Waals surface area (Å²) in [6.07, 6.45) is 0. The molecule has 1 aromatic rings. The summed E-state index contributed by atoms with van der Waals surface area (Å²) in [7, 11) is 2.19. The monoisotopic (exact) mass is 227 g/mol. The van der Waals surface area contributed by atoms with Gasteiger partial charge in [-0.25, -0.2) is 0 Å². The van der Waals surface area contributed by atoms with E-state index in [1.165, 1.54) is 11.3 Å². The minimum atomic E-state index is 0.651. The Labute approximate surface area is 79.9 Å². The van der Waals surface area contributed by atoms with Crippen LogP contribution in [0.2, 0.25) is 0 Å². The first-order chi connectivity index (χ1) is 5.68. The number of hydrogen-bond acceptors (Lipinski definition) is 1. The molecule has 0 spiro atoms. The third-order valence-electron chi connectivity index (χ3n) is 2.34. The molecule has 2 rings (SSSR count). The van der Waals surface area contributed by atoms with Crippen molar-refractivity contribution in [3.8, 4) is 0 Å². The summed E-state index contributed by atoms with van der Waals surface area (Å²) in [5, 5.41) is 0. The van der Waals surface area contributed by atoms with E-state index >= 15 is 0 Å². The zero-order valence-electron chi connectivity index (χ0n) is 7.66. The molecule has 0 N–H and O–H groups in total. The Hall–Kier alpha value is -0.461. The van der Waals surface area contributed by atoms with E-state index in [0.29, 0.717) is 15.0 Å². The van der Waals surface area contributed by atoms with Crippen molar-refractivity contribution in [2.45, 2.75) is 18.8 Å². The van der Waals surface area contributed by atoms with E-state index in [4.69, 9.17) is 0 Å². The zero-order valence-corrected chi connectivity index (χ0v) is 9.38. The minimum absolute atomic E-state index is 0.651. The summed E-state index contributed by atoms with van der Waals surface area (Å²) in [5.74, 6) is 0. The van der Waals surface area contributed by atoms with Crippen LogP contribution in [0.1, 0.15) is 12.5 Å². The van der Waals surface area contributed by atoms with Gasteiger partial charge in [-0.05, 0) is 0 Å². The molecule has 1 aliphatic heterocycles. The van der Waals surface area contributed by atoms with Crippen LogP contribution in [-0.4, -0.2) is 26.9 Å². The molecule has 1 atom stereocenters. The molecule has 1 unspecified atom stereocenters. The molecule has 12 heavy (non-hydrogen) atoms. The van der Waals surface area contributed by atoms with Gasteiger partial charge in [0.15, 0.2) is 0 Å². The second kappa shape index (κ2) is 2.79. The van der Waals surface area contributed by atoms with Crippen molar-refractivity contribution < 1.29 is 0 Å². The van der Waals surface area contributed by atoms with Gasteiger partial charge in [-0.1, -0.05) is 0 Å². The summed E-state index contributed by atoms with van der Waals surface area (Å²) in [5.41, 5.74) is 2.81. The van der Waals surface area contributed by atoms with Crippen LogP contribution >= 0.6 is 0 Å². The van der Waals surface area contributed by atoms with E-state index in [9.17, 15) is 0 Å². The number of aryl methyl sites for hydroxylation is 1. The van der Waals surface area contributed by atoms with Crippen LogP contribution in [0.4, 0.5) is 5.69 Å². The van der Waals surface area contributed by atoms with Gasteiger partial charge in [0.2, 0.25) is 0 Å². The molecule has 0 saturated heterocycles. The average Bonchev–Trinajstić information content (AvgIpc) is 2.31. The van der Waals surface area contributed by atoms with Gasteiger partial charge in [0.25, 0.3) is 0 Å². The number of benzene rings is 1. The molecule has 0 aliphatic carbocycles. The fourth-order valence-corrected chi connectivity index (χ4v) is 3.79. The van der Waals surface area contributed by atoms with Gasteiger partial charge in [-0.15, -0.1) is 0 Å². The molecule has 1 aromatic carbocycles. The second-order valence-corrected chi connectivity index (χ2v) is 6.15. The number of hydrogen-bond donors (Lipinski definition) is 0. The zero-order chi connectivity index (χ0) is 8.72. The van der Waals surface area contributed by atoms with Crippen molar-refractivity contribution in [3.05, 3.63) is 23.8 Å². The van der Waals surface area contributed by atoms with E-state index in [-0.39, 0.29) is 0 Å². The Morgan fingerprint density at radius 2 is 2.17 bits per heavy atom. The van der Waals surface area contributed by atoms with Crippen LogP contribution in [0.5, 0.6) is 0 Å². The quantitative estimate of drug-likeness (QED) is 0.599. The Morgan fingerprint density at radius 1 is 1.42 bits per heavy atom. The molecular formula is C10H13NSe. The molecule has 0 fully saturated rings. The molecule has 1 heterocycles. The van der Waals surface area contributed by atoms with Crippen molar-refractivity contribution in [2.24, 2.45) is 0 Å². The standard InChI is InChI=1S/C10H13NSe/c1-7-4-5-10-9(6-7)11(3)8(2)12-10/h4-6,8H,1-3H3. The fraction of sp³-hybridized carbons (Fsp3) is 0.400. The van der Waals surface area contributed by atoms with E-state index in [1.54, 1.807) is 4.46 Å². The Balaban J connectivity index is 2.48. The molecule has 0 radical (unpaired) electrons. The van der Waals surface area contributed by atoms with Crippen molar-refractivity contribution in [3.63, 3.8) is 0 Å². The van der Waals surface area contributed by atoms with Crippen molar-refractivity contribution in [2.75, 3.05) is 11.9 Å². The van der Waals surface area contributed by atoms with Crippen LogP contribution in [0.15, 0.2) is 18.2 Å². The molecular weight excluding hydrogens is 213 g/mol. The molecule has 2 heteroatoms. The van der Waals surface area contributed by atoms with Gasteiger partial charge in [0, 0.05) is 0 Å². The maximum absolute atomic E-state index is 2.39. The number of rotatable bonds is 0. The van der Waals surface area contributed by atoms with Crippen LogP contribution in [0, 0.1) is 6.92 Å². The summed E-state index contributed by atoms with van der Waals surface area (Å²) < 4.78 is 1.56. The number of anilines is 1. The van der Waals surface area contributed by atoms with E-state index in [1.807, 2.05) is 0 Å². The molecule has 0 bridgehead atoms. The van der Waals surface area contributed by atoms with Gasteiger partial charge < -0.3 is 0 Å². The molecule has 64 valence electrons. The van der Waals surface area contributed by atoms with Gasteiger partial charge in [0.05, 0.1) is 0 Å².